The first kappa shape index (κ1) is 13.3. The molecule has 0 fully saturated rings. The van der Waals surface area contributed by atoms with E-state index in [-0.39, 0.29) is 0 Å². The summed E-state index contributed by atoms with van der Waals surface area (Å²) in [7, 11) is 1.73. The zero-order chi connectivity index (χ0) is 14.8. The molecule has 5 nitrogen and oxygen atoms in total. The Morgan fingerprint density at radius 3 is 2.62 bits per heavy atom. The summed E-state index contributed by atoms with van der Waals surface area (Å²) in [5.74, 6) is 0.782. The Morgan fingerprint density at radius 1 is 1.14 bits per heavy atom. The van der Waals surface area contributed by atoms with Gasteiger partial charge in [-0.1, -0.05) is 30.3 Å². The van der Waals surface area contributed by atoms with Gasteiger partial charge in [0.25, 0.3) is 0 Å². The van der Waals surface area contributed by atoms with E-state index in [0.717, 1.165) is 16.9 Å². The van der Waals surface area contributed by atoms with Crippen LogP contribution in [0.15, 0.2) is 53.7 Å². The fourth-order valence-electron chi connectivity index (χ4n) is 2.42. The van der Waals surface area contributed by atoms with Gasteiger partial charge in [-0.15, -0.1) is 0 Å². The number of nitrogens with one attached hydrogen (secondary N) is 1. The smallest absolute Gasteiger partial charge is 0.130 e. The summed E-state index contributed by atoms with van der Waals surface area (Å²) in [4.78, 5) is 4.19. The van der Waals surface area contributed by atoms with E-state index in [1.54, 1.807) is 19.3 Å². The van der Waals surface area contributed by atoms with Crippen molar-refractivity contribution >= 4 is 16.9 Å². The molecule has 2 aromatic heterocycles. The van der Waals surface area contributed by atoms with Gasteiger partial charge < -0.3 is 0 Å². The molecule has 21 heavy (non-hydrogen) atoms. The summed E-state index contributed by atoms with van der Waals surface area (Å²) in [6.45, 7) is 2.61. The lowest BCUT2D eigenvalue weighted by Crippen LogP contribution is -2.24. The lowest BCUT2D eigenvalue weighted by atomic mass is 10.2. The van der Waals surface area contributed by atoms with Gasteiger partial charge in [0.05, 0.1) is 23.8 Å². The van der Waals surface area contributed by atoms with Crippen molar-refractivity contribution in [3.05, 3.63) is 59.7 Å². The summed E-state index contributed by atoms with van der Waals surface area (Å²) in [5.41, 5.74) is 3.51. The van der Waals surface area contributed by atoms with Crippen LogP contribution in [0.5, 0.6) is 0 Å². The van der Waals surface area contributed by atoms with Crippen molar-refractivity contribution in [3.8, 4) is 0 Å². The molecule has 0 radical (unpaired) electrons. The first-order valence-corrected chi connectivity index (χ1v) is 6.80. The Bertz CT molecular complexity index is 855. The predicted molar refractivity (Wildman–Crippen MR) is 83.6 cm³/mol. The van der Waals surface area contributed by atoms with Crippen LogP contribution in [-0.2, 0) is 6.54 Å². The standard InChI is InChI=1S/C16H17N5/c1-12(18-2)21-15-10-19-20(14(15)8-9-16(21)17)11-13-6-4-3-5-7-13/h3-10,17H,11H2,1-2H3. The van der Waals surface area contributed by atoms with Crippen LogP contribution >= 0.6 is 0 Å². The molecule has 2 heterocycles. The number of hydrogen-bond donors (Lipinski definition) is 1. The monoisotopic (exact) mass is 279 g/mol. The zero-order valence-electron chi connectivity index (χ0n) is 12.1. The first-order valence-electron chi connectivity index (χ1n) is 6.80. The van der Waals surface area contributed by atoms with Crippen LogP contribution in [0.2, 0.25) is 0 Å². The van der Waals surface area contributed by atoms with Crippen LogP contribution in [0.25, 0.3) is 11.0 Å². The Kier molecular flexibility index (Phi) is 3.39. The van der Waals surface area contributed by atoms with Crippen LogP contribution in [-0.4, -0.2) is 27.2 Å². The molecule has 0 saturated carbocycles. The van der Waals surface area contributed by atoms with Gasteiger partial charge in [-0.3, -0.25) is 19.7 Å². The maximum Gasteiger partial charge on any atom is 0.130 e. The average Bonchev–Trinajstić information content (AvgIpc) is 2.90. The number of benzene rings is 1. The van der Waals surface area contributed by atoms with Crippen LogP contribution in [0.3, 0.4) is 0 Å². The third-order valence-corrected chi connectivity index (χ3v) is 3.56. The van der Waals surface area contributed by atoms with Crippen LogP contribution in [0.1, 0.15) is 12.5 Å². The third-order valence-electron chi connectivity index (χ3n) is 3.56. The second-order valence-corrected chi connectivity index (χ2v) is 4.88. The van der Waals surface area contributed by atoms with E-state index in [0.29, 0.717) is 12.0 Å². The molecule has 0 atom stereocenters. The summed E-state index contributed by atoms with van der Waals surface area (Å²) in [5, 5.41) is 12.5. The molecule has 0 unspecified atom stereocenters. The highest BCUT2D eigenvalue weighted by Gasteiger charge is 2.09. The molecule has 106 valence electrons. The second-order valence-electron chi connectivity index (χ2n) is 4.88. The van der Waals surface area contributed by atoms with E-state index in [2.05, 4.69) is 22.2 Å². The normalized spacial score (nSPS) is 12.0. The summed E-state index contributed by atoms with van der Waals surface area (Å²) < 4.78 is 3.76. The molecule has 3 aromatic rings. The molecular weight excluding hydrogens is 262 g/mol. The molecule has 0 amide bonds. The Morgan fingerprint density at radius 2 is 1.90 bits per heavy atom. The number of rotatable bonds is 2. The predicted octanol–water partition coefficient (Wildman–Crippen LogP) is 2.26. The lowest BCUT2D eigenvalue weighted by molar-refractivity contribution is 0.712. The summed E-state index contributed by atoms with van der Waals surface area (Å²) in [6, 6.07) is 13.9. The maximum atomic E-state index is 8.06. The van der Waals surface area contributed by atoms with Gasteiger partial charge in [-0.05, 0) is 24.6 Å². The summed E-state index contributed by atoms with van der Waals surface area (Å²) in [6.07, 6.45) is 1.80. The minimum absolute atomic E-state index is 0.407. The van der Waals surface area contributed by atoms with Crippen molar-refractivity contribution in [2.75, 3.05) is 7.05 Å². The number of pyridine rings is 1. The van der Waals surface area contributed by atoms with Crippen molar-refractivity contribution in [1.29, 1.82) is 5.41 Å². The van der Waals surface area contributed by atoms with Gasteiger partial charge in [0.15, 0.2) is 0 Å². The molecule has 0 aliphatic heterocycles. The highest BCUT2D eigenvalue weighted by atomic mass is 15.3. The number of aliphatic imine (C=N–C) groups is 1. The SMILES string of the molecule is CN=C(C)n1c(=N)ccc2c1cnn2Cc1ccccc1. The highest BCUT2D eigenvalue weighted by Crippen LogP contribution is 2.13. The Balaban J connectivity index is 2.14. The topological polar surface area (TPSA) is 59.0 Å². The number of nitrogens with zero attached hydrogens (tertiary/aromatic N) is 4. The van der Waals surface area contributed by atoms with Gasteiger partial charge in [0.1, 0.15) is 11.3 Å². The molecule has 3 rings (SSSR count). The first-order chi connectivity index (χ1) is 10.2. The van der Waals surface area contributed by atoms with E-state index < -0.39 is 0 Å². The van der Waals surface area contributed by atoms with Crippen molar-refractivity contribution < 1.29 is 0 Å². The van der Waals surface area contributed by atoms with Gasteiger partial charge >= 0.3 is 0 Å². The molecule has 0 saturated heterocycles. The van der Waals surface area contributed by atoms with E-state index in [9.17, 15) is 0 Å². The lowest BCUT2D eigenvalue weighted by Gasteiger charge is -2.08. The van der Waals surface area contributed by atoms with E-state index in [4.69, 9.17) is 5.41 Å². The average molecular weight is 279 g/mol. The van der Waals surface area contributed by atoms with E-state index in [1.807, 2.05) is 40.4 Å². The minimum atomic E-state index is 0.407. The molecule has 0 bridgehead atoms. The fourth-order valence-corrected chi connectivity index (χ4v) is 2.42. The van der Waals surface area contributed by atoms with Crippen molar-refractivity contribution in [3.63, 3.8) is 0 Å². The zero-order valence-corrected chi connectivity index (χ0v) is 12.1. The van der Waals surface area contributed by atoms with Crippen LogP contribution in [0, 0.1) is 5.41 Å². The summed E-state index contributed by atoms with van der Waals surface area (Å²) >= 11 is 0. The Hall–Kier alpha value is -2.69. The van der Waals surface area contributed by atoms with Gasteiger partial charge in [0, 0.05) is 7.05 Å². The van der Waals surface area contributed by atoms with E-state index in [1.165, 1.54) is 5.56 Å². The molecule has 0 spiro atoms. The van der Waals surface area contributed by atoms with Crippen LogP contribution < -0.4 is 5.49 Å². The van der Waals surface area contributed by atoms with Gasteiger partial charge in [0.2, 0.25) is 0 Å². The maximum absolute atomic E-state index is 8.06. The number of aromatic nitrogens is 3. The molecular formula is C16H17N5. The quantitative estimate of drug-likeness (QED) is 0.567. The number of hydrogen-bond acceptors (Lipinski definition) is 3. The van der Waals surface area contributed by atoms with Crippen molar-refractivity contribution in [1.82, 2.24) is 14.3 Å². The largest absolute Gasteiger partial charge is 0.284 e. The molecule has 5 heteroatoms. The minimum Gasteiger partial charge on any atom is -0.284 e. The van der Waals surface area contributed by atoms with Crippen LogP contribution in [0.4, 0.5) is 0 Å². The van der Waals surface area contributed by atoms with Crippen molar-refractivity contribution in [2.24, 2.45) is 4.99 Å². The Labute approximate surface area is 122 Å². The highest BCUT2D eigenvalue weighted by molar-refractivity contribution is 5.91. The van der Waals surface area contributed by atoms with Gasteiger partial charge in [-0.25, -0.2) is 0 Å². The molecule has 0 aliphatic rings. The number of fused-ring (bicyclic) bond motifs is 1. The second kappa shape index (κ2) is 5.36. The fraction of sp³-hybridized carbons (Fsp3) is 0.188. The molecule has 1 N–H and O–H groups in total. The molecule has 0 aliphatic carbocycles. The van der Waals surface area contributed by atoms with E-state index >= 15 is 0 Å². The van der Waals surface area contributed by atoms with Crippen molar-refractivity contribution in [2.45, 2.75) is 13.5 Å². The van der Waals surface area contributed by atoms with Gasteiger partial charge in [-0.2, -0.15) is 5.10 Å². The molecule has 1 aromatic carbocycles. The third kappa shape index (κ3) is 2.38.